The summed E-state index contributed by atoms with van der Waals surface area (Å²) in [5.41, 5.74) is 11.3. The number of benzene rings is 7. The highest BCUT2D eigenvalue weighted by atomic mass is 16.5. The number of rotatable bonds is 3. The van der Waals surface area contributed by atoms with E-state index in [0.29, 0.717) is 0 Å². The van der Waals surface area contributed by atoms with Gasteiger partial charge in [-0.2, -0.15) is 0 Å². The molecule has 0 N–H and O–H groups in total. The van der Waals surface area contributed by atoms with Crippen molar-refractivity contribution in [3.63, 3.8) is 0 Å². The van der Waals surface area contributed by atoms with Crippen LogP contribution < -0.4 is 4.74 Å². The standard InChI is InChI=1S/C40H24O2/c1-2-14-35-33(11-1)40-31(12-6-16-38(40)41-35)26-19-17-25(18-20-26)28-9-3-10-29(23-28)30-21-22-36-34(24-30)32-13-4-7-27-8-5-15-37(42-36)39(27)32/h1-24H. The largest absolute Gasteiger partial charge is 0.456 e. The molecule has 8 aromatic rings. The van der Waals surface area contributed by atoms with E-state index in [1.54, 1.807) is 0 Å². The Bertz CT molecular complexity index is 2320. The van der Waals surface area contributed by atoms with Crippen LogP contribution in [0, 0.1) is 0 Å². The van der Waals surface area contributed by atoms with Crippen LogP contribution in [0.15, 0.2) is 150 Å². The van der Waals surface area contributed by atoms with Gasteiger partial charge in [0, 0.05) is 21.7 Å². The Morgan fingerprint density at radius 1 is 0.357 bits per heavy atom. The average Bonchev–Trinajstić information content (AvgIpc) is 3.44. The molecule has 0 saturated carbocycles. The molecule has 0 atom stereocenters. The highest BCUT2D eigenvalue weighted by Gasteiger charge is 2.20. The Hall–Kier alpha value is -5.60. The van der Waals surface area contributed by atoms with Gasteiger partial charge in [-0.25, -0.2) is 0 Å². The Labute approximate surface area is 243 Å². The molecule has 2 heteroatoms. The Balaban J connectivity index is 1.09. The third-order valence-corrected chi connectivity index (χ3v) is 8.48. The third kappa shape index (κ3) is 3.52. The van der Waals surface area contributed by atoms with Crippen molar-refractivity contribution in [3.8, 4) is 56.0 Å². The van der Waals surface area contributed by atoms with Crippen LogP contribution in [0.3, 0.4) is 0 Å². The summed E-state index contributed by atoms with van der Waals surface area (Å²) in [7, 11) is 0. The van der Waals surface area contributed by atoms with Crippen LogP contribution in [0.4, 0.5) is 0 Å². The van der Waals surface area contributed by atoms with Crippen molar-refractivity contribution < 1.29 is 9.15 Å². The molecule has 0 saturated heterocycles. The molecule has 1 aliphatic rings. The summed E-state index contributed by atoms with van der Waals surface area (Å²) in [6, 6.07) is 51.4. The van der Waals surface area contributed by atoms with Gasteiger partial charge in [0.15, 0.2) is 0 Å². The second-order valence-corrected chi connectivity index (χ2v) is 10.9. The molecular weight excluding hydrogens is 512 g/mol. The van der Waals surface area contributed by atoms with Gasteiger partial charge >= 0.3 is 0 Å². The molecule has 0 spiro atoms. The summed E-state index contributed by atoms with van der Waals surface area (Å²) in [5.74, 6) is 1.82. The molecule has 9 rings (SSSR count). The van der Waals surface area contributed by atoms with Gasteiger partial charge in [-0.15, -0.1) is 0 Å². The average molecular weight is 537 g/mol. The Morgan fingerprint density at radius 3 is 1.93 bits per heavy atom. The van der Waals surface area contributed by atoms with Crippen LogP contribution in [0.2, 0.25) is 0 Å². The number of ether oxygens (including phenoxy) is 1. The number of fused-ring (bicyclic) bond motifs is 5. The highest BCUT2D eigenvalue weighted by Crippen LogP contribution is 2.47. The number of para-hydroxylation sites is 1. The smallest absolute Gasteiger partial charge is 0.136 e. The first-order valence-corrected chi connectivity index (χ1v) is 14.3. The topological polar surface area (TPSA) is 22.4 Å². The minimum atomic E-state index is 0.900. The molecule has 2 heterocycles. The van der Waals surface area contributed by atoms with Gasteiger partial charge in [-0.3, -0.25) is 0 Å². The van der Waals surface area contributed by atoms with Crippen molar-refractivity contribution in [2.24, 2.45) is 0 Å². The van der Waals surface area contributed by atoms with Crippen molar-refractivity contribution in [3.05, 3.63) is 146 Å². The molecule has 1 aliphatic heterocycles. The van der Waals surface area contributed by atoms with E-state index in [2.05, 4.69) is 127 Å². The highest BCUT2D eigenvalue weighted by molar-refractivity contribution is 6.12. The van der Waals surface area contributed by atoms with Crippen molar-refractivity contribution in [2.45, 2.75) is 0 Å². The summed E-state index contributed by atoms with van der Waals surface area (Å²) in [6.07, 6.45) is 0. The minimum Gasteiger partial charge on any atom is -0.456 e. The number of furan rings is 1. The van der Waals surface area contributed by atoms with Crippen LogP contribution >= 0.6 is 0 Å². The van der Waals surface area contributed by atoms with Crippen molar-refractivity contribution in [1.29, 1.82) is 0 Å². The van der Waals surface area contributed by atoms with E-state index < -0.39 is 0 Å². The predicted molar refractivity (Wildman–Crippen MR) is 173 cm³/mol. The molecule has 7 aromatic carbocycles. The van der Waals surface area contributed by atoms with Gasteiger partial charge in [-0.05, 0) is 80.7 Å². The predicted octanol–water partition coefficient (Wildman–Crippen LogP) is 11.5. The molecule has 1 aromatic heterocycles. The summed E-state index contributed by atoms with van der Waals surface area (Å²) in [6.45, 7) is 0. The molecule has 0 amide bonds. The molecular formula is C40H24O2. The summed E-state index contributed by atoms with van der Waals surface area (Å²) in [5, 5.41) is 4.69. The van der Waals surface area contributed by atoms with Crippen molar-refractivity contribution in [1.82, 2.24) is 0 Å². The van der Waals surface area contributed by atoms with Crippen LogP contribution in [0.25, 0.3) is 77.2 Å². The maximum atomic E-state index is 6.32. The Morgan fingerprint density at radius 2 is 1.02 bits per heavy atom. The minimum absolute atomic E-state index is 0.900. The summed E-state index contributed by atoms with van der Waals surface area (Å²) < 4.78 is 12.4. The second-order valence-electron chi connectivity index (χ2n) is 10.9. The molecule has 2 nitrogen and oxygen atoms in total. The molecule has 0 fully saturated rings. The lowest BCUT2D eigenvalue weighted by Crippen LogP contribution is -1.97. The van der Waals surface area contributed by atoms with E-state index in [-0.39, 0.29) is 0 Å². The van der Waals surface area contributed by atoms with Gasteiger partial charge in [0.05, 0.1) is 0 Å². The first-order chi connectivity index (χ1) is 20.8. The normalized spacial score (nSPS) is 12.0. The number of hydrogen-bond donors (Lipinski definition) is 0. The fourth-order valence-electron chi connectivity index (χ4n) is 6.48. The molecule has 0 unspecified atom stereocenters. The fraction of sp³-hybridized carbons (Fsp3) is 0. The summed E-state index contributed by atoms with van der Waals surface area (Å²) in [4.78, 5) is 0. The lowest BCUT2D eigenvalue weighted by atomic mass is 9.91. The number of hydrogen-bond acceptors (Lipinski definition) is 2. The van der Waals surface area contributed by atoms with Gasteiger partial charge < -0.3 is 9.15 Å². The molecule has 42 heavy (non-hydrogen) atoms. The first-order valence-electron chi connectivity index (χ1n) is 14.3. The third-order valence-electron chi connectivity index (χ3n) is 8.48. The van der Waals surface area contributed by atoms with Crippen LogP contribution in [-0.2, 0) is 0 Å². The maximum absolute atomic E-state index is 6.32. The van der Waals surface area contributed by atoms with E-state index in [1.165, 1.54) is 49.7 Å². The molecule has 196 valence electrons. The lowest BCUT2D eigenvalue weighted by Gasteiger charge is -2.22. The van der Waals surface area contributed by atoms with E-state index in [9.17, 15) is 0 Å². The zero-order valence-electron chi connectivity index (χ0n) is 22.7. The molecule has 0 aliphatic carbocycles. The summed E-state index contributed by atoms with van der Waals surface area (Å²) >= 11 is 0. The quantitative estimate of drug-likeness (QED) is 0.224. The van der Waals surface area contributed by atoms with Crippen molar-refractivity contribution in [2.75, 3.05) is 0 Å². The zero-order valence-corrected chi connectivity index (χ0v) is 22.7. The zero-order chi connectivity index (χ0) is 27.6. The first kappa shape index (κ1) is 23.1. The Kier molecular flexibility index (Phi) is 4.93. The van der Waals surface area contributed by atoms with Crippen LogP contribution in [0.1, 0.15) is 0 Å². The van der Waals surface area contributed by atoms with Gasteiger partial charge in [0.1, 0.15) is 22.7 Å². The van der Waals surface area contributed by atoms with E-state index >= 15 is 0 Å². The van der Waals surface area contributed by atoms with E-state index in [0.717, 1.165) is 39.0 Å². The second kappa shape index (κ2) is 8.95. The van der Waals surface area contributed by atoms with Gasteiger partial charge in [-0.1, -0.05) is 109 Å². The molecule has 0 bridgehead atoms. The van der Waals surface area contributed by atoms with E-state index in [4.69, 9.17) is 9.15 Å². The van der Waals surface area contributed by atoms with Crippen LogP contribution in [-0.4, -0.2) is 0 Å². The van der Waals surface area contributed by atoms with Gasteiger partial charge in [0.2, 0.25) is 0 Å². The lowest BCUT2D eigenvalue weighted by molar-refractivity contribution is 0.487. The monoisotopic (exact) mass is 536 g/mol. The SMILES string of the molecule is c1cc(-c2ccc(-c3cccc4oc5ccccc5c34)cc2)cc(-c2ccc3c(c2)-c2cccc4cccc(c24)O3)c1. The van der Waals surface area contributed by atoms with Crippen LogP contribution in [0.5, 0.6) is 11.5 Å². The molecule has 0 radical (unpaired) electrons. The van der Waals surface area contributed by atoms with Gasteiger partial charge in [0.25, 0.3) is 0 Å². The van der Waals surface area contributed by atoms with Crippen molar-refractivity contribution >= 4 is 32.7 Å². The maximum Gasteiger partial charge on any atom is 0.136 e. The van der Waals surface area contributed by atoms with E-state index in [1.807, 2.05) is 18.2 Å². The fourth-order valence-corrected chi connectivity index (χ4v) is 6.48.